The lowest BCUT2D eigenvalue weighted by Gasteiger charge is -2.22. The molecule has 4 nitrogen and oxygen atoms in total. The van der Waals surface area contributed by atoms with Crippen molar-refractivity contribution in [3.05, 3.63) is 29.8 Å². The molecule has 0 saturated carbocycles. The summed E-state index contributed by atoms with van der Waals surface area (Å²) >= 11 is 0. The number of nitrogens with one attached hydrogen (secondary N) is 1. The van der Waals surface area contributed by atoms with Gasteiger partial charge in [0, 0.05) is 27.2 Å². The number of hydrogen-bond donors (Lipinski definition) is 1. The second-order valence-corrected chi connectivity index (χ2v) is 5.36. The number of aliphatic imine (C=N–C) groups is 1. The number of guanidine groups is 1. The monoisotopic (exact) mass is 405 g/mol. The van der Waals surface area contributed by atoms with E-state index in [0.29, 0.717) is 5.92 Å². The summed E-state index contributed by atoms with van der Waals surface area (Å²) in [6, 6.07) is 8.13. The quantitative estimate of drug-likeness (QED) is 0.448. The van der Waals surface area contributed by atoms with Gasteiger partial charge < -0.3 is 15.0 Å². The van der Waals surface area contributed by atoms with E-state index in [1.807, 2.05) is 19.2 Å². The van der Waals surface area contributed by atoms with Crippen LogP contribution in [-0.2, 0) is 6.54 Å². The summed E-state index contributed by atoms with van der Waals surface area (Å²) in [5.41, 5.74) is 1.24. The summed E-state index contributed by atoms with van der Waals surface area (Å²) in [6.07, 6.45) is 1.15. The molecule has 120 valence electrons. The van der Waals surface area contributed by atoms with E-state index in [0.717, 1.165) is 31.2 Å². The van der Waals surface area contributed by atoms with E-state index in [-0.39, 0.29) is 24.0 Å². The van der Waals surface area contributed by atoms with Crippen LogP contribution in [0.1, 0.15) is 25.8 Å². The van der Waals surface area contributed by atoms with Gasteiger partial charge in [0.05, 0.1) is 7.11 Å². The summed E-state index contributed by atoms with van der Waals surface area (Å²) in [5.74, 6) is 2.52. The maximum Gasteiger partial charge on any atom is 0.193 e. The van der Waals surface area contributed by atoms with Crippen molar-refractivity contribution in [2.24, 2.45) is 10.9 Å². The number of nitrogens with zero attached hydrogens (tertiary/aromatic N) is 2. The van der Waals surface area contributed by atoms with Crippen LogP contribution in [-0.4, -0.2) is 38.6 Å². The van der Waals surface area contributed by atoms with Crippen molar-refractivity contribution in [2.45, 2.75) is 26.8 Å². The number of hydrogen-bond acceptors (Lipinski definition) is 2. The lowest BCUT2D eigenvalue weighted by Crippen LogP contribution is -2.39. The van der Waals surface area contributed by atoms with Gasteiger partial charge in [0.25, 0.3) is 0 Å². The third-order valence-electron chi connectivity index (χ3n) is 3.16. The van der Waals surface area contributed by atoms with Crippen molar-refractivity contribution in [3.8, 4) is 5.75 Å². The molecule has 0 unspecified atom stereocenters. The first kappa shape index (κ1) is 20.0. The zero-order chi connectivity index (χ0) is 15.0. The molecule has 0 saturated heterocycles. The smallest absolute Gasteiger partial charge is 0.193 e. The van der Waals surface area contributed by atoms with Gasteiger partial charge in [-0.2, -0.15) is 0 Å². The molecule has 1 aromatic rings. The summed E-state index contributed by atoms with van der Waals surface area (Å²) < 4.78 is 5.17. The predicted molar refractivity (Wildman–Crippen MR) is 101 cm³/mol. The minimum absolute atomic E-state index is 0. The van der Waals surface area contributed by atoms with E-state index in [2.05, 4.69) is 48.2 Å². The molecule has 0 aliphatic carbocycles. The van der Waals surface area contributed by atoms with E-state index < -0.39 is 0 Å². The minimum Gasteiger partial charge on any atom is -0.497 e. The Hall–Kier alpha value is -0.980. The summed E-state index contributed by atoms with van der Waals surface area (Å²) in [4.78, 5) is 6.45. The van der Waals surface area contributed by atoms with Crippen LogP contribution in [0.15, 0.2) is 29.3 Å². The number of methoxy groups -OCH3 is 1. The topological polar surface area (TPSA) is 36.9 Å². The molecule has 1 aromatic carbocycles. The molecule has 0 fully saturated rings. The van der Waals surface area contributed by atoms with Crippen LogP contribution in [0.5, 0.6) is 5.75 Å². The summed E-state index contributed by atoms with van der Waals surface area (Å²) in [5, 5.41) is 3.39. The maximum atomic E-state index is 5.17. The molecule has 0 aliphatic heterocycles. The standard InChI is InChI=1S/C16H27N3O.HI/c1-13(2)10-11-18-16(17-3)19(4)12-14-6-8-15(20-5)9-7-14;/h6-9,13H,10-12H2,1-5H3,(H,17,18);1H. The molecule has 0 bridgehead atoms. The van der Waals surface area contributed by atoms with Crippen LogP contribution in [0.25, 0.3) is 0 Å². The maximum absolute atomic E-state index is 5.17. The average molecular weight is 405 g/mol. The molecular formula is C16H28IN3O. The predicted octanol–water partition coefficient (Wildman–Crippen LogP) is 3.37. The zero-order valence-corrected chi connectivity index (χ0v) is 16.0. The van der Waals surface area contributed by atoms with E-state index in [1.165, 1.54) is 5.56 Å². The van der Waals surface area contributed by atoms with Crippen molar-refractivity contribution in [3.63, 3.8) is 0 Å². The van der Waals surface area contributed by atoms with E-state index in [9.17, 15) is 0 Å². The van der Waals surface area contributed by atoms with Gasteiger partial charge in [-0.05, 0) is 30.0 Å². The normalized spacial score (nSPS) is 11.0. The van der Waals surface area contributed by atoms with Crippen molar-refractivity contribution in [2.75, 3.05) is 27.7 Å². The van der Waals surface area contributed by atoms with Gasteiger partial charge in [0.1, 0.15) is 5.75 Å². The zero-order valence-electron chi connectivity index (χ0n) is 13.7. The fourth-order valence-electron chi connectivity index (χ4n) is 1.94. The second kappa shape index (κ2) is 10.7. The number of rotatable bonds is 6. The molecule has 0 amide bonds. The highest BCUT2D eigenvalue weighted by Crippen LogP contribution is 2.12. The number of ether oxygens (including phenoxy) is 1. The molecule has 0 aliphatic rings. The number of benzene rings is 1. The van der Waals surface area contributed by atoms with Gasteiger partial charge in [-0.25, -0.2) is 0 Å². The van der Waals surface area contributed by atoms with Crippen LogP contribution in [0.3, 0.4) is 0 Å². The Bertz CT molecular complexity index is 418. The SMILES string of the molecule is CN=C(NCCC(C)C)N(C)Cc1ccc(OC)cc1.I. The van der Waals surface area contributed by atoms with Gasteiger partial charge >= 0.3 is 0 Å². The Balaban J connectivity index is 0.00000400. The van der Waals surface area contributed by atoms with Crippen molar-refractivity contribution >= 4 is 29.9 Å². The molecular weight excluding hydrogens is 377 g/mol. The fourth-order valence-corrected chi connectivity index (χ4v) is 1.94. The van der Waals surface area contributed by atoms with Crippen LogP contribution in [0.4, 0.5) is 0 Å². The van der Waals surface area contributed by atoms with Crippen molar-refractivity contribution in [1.29, 1.82) is 0 Å². The van der Waals surface area contributed by atoms with Crippen LogP contribution >= 0.6 is 24.0 Å². The second-order valence-electron chi connectivity index (χ2n) is 5.36. The third kappa shape index (κ3) is 7.55. The minimum atomic E-state index is 0. The average Bonchev–Trinajstić information content (AvgIpc) is 2.44. The molecule has 1 N–H and O–H groups in total. The first-order valence-electron chi connectivity index (χ1n) is 7.11. The molecule has 21 heavy (non-hydrogen) atoms. The largest absolute Gasteiger partial charge is 0.497 e. The number of halogens is 1. The Morgan fingerprint density at radius 3 is 2.38 bits per heavy atom. The van der Waals surface area contributed by atoms with Crippen molar-refractivity contribution < 1.29 is 4.74 Å². The molecule has 5 heteroatoms. The van der Waals surface area contributed by atoms with E-state index in [1.54, 1.807) is 7.11 Å². The lowest BCUT2D eigenvalue weighted by molar-refractivity contribution is 0.414. The molecule has 1 rings (SSSR count). The fraction of sp³-hybridized carbons (Fsp3) is 0.562. The Morgan fingerprint density at radius 2 is 1.90 bits per heavy atom. The first-order valence-corrected chi connectivity index (χ1v) is 7.11. The van der Waals surface area contributed by atoms with Gasteiger partial charge in [-0.3, -0.25) is 4.99 Å². The van der Waals surface area contributed by atoms with Crippen LogP contribution < -0.4 is 10.1 Å². The molecule has 0 heterocycles. The Labute approximate surface area is 146 Å². The van der Waals surface area contributed by atoms with Gasteiger partial charge in [0.2, 0.25) is 0 Å². The van der Waals surface area contributed by atoms with E-state index in [4.69, 9.17) is 4.74 Å². The highest BCUT2D eigenvalue weighted by Gasteiger charge is 2.06. The summed E-state index contributed by atoms with van der Waals surface area (Å²) in [6.45, 7) is 6.24. The van der Waals surface area contributed by atoms with Gasteiger partial charge in [-0.15, -0.1) is 24.0 Å². The molecule has 0 radical (unpaired) electrons. The molecule has 0 atom stereocenters. The van der Waals surface area contributed by atoms with Gasteiger partial charge in [-0.1, -0.05) is 26.0 Å². The summed E-state index contributed by atoms with van der Waals surface area (Å²) in [7, 11) is 5.55. The highest BCUT2D eigenvalue weighted by molar-refractivity contribution is 14.0. The Morgan fingerprint density at radius 1 is 1.29 bits per heavy atom. The van der Waals surface area contributed by atoms with Gasteiger partial charge in [0.15, 0.2) is 5.96 Å². The van der Waals surface area contributed by atoms with E-state index >= 15 is 0 Å². The van der Waals surface area contributed by atoms with Crippen LogP contribution in [0.2, 0.25) is 0 Å². The Kier molecular flexibility index (Phi) is 10.2. The third-order valence-corrected chi connectivity index (χ3v) is 3.16. The highest BCUT2D eigenvalue weighted by atomic mass is 127. The molecule has 0 spiro atoms. The first-order chi connectivity index (χ1) is 9.56. The van der Waals surface area contributed by atoms with Crippen LogP contribution in [0, 0.1) is 5.92 Å². The van der Waals surface area contributed by atoms with Crippen molar-refractivity contribution in [1.82, 2.24) is 10.2 Å². The molecule has 0 aromatic heterocycles. The lowest BCUT2D eigenvalue weighted by atomic mass is 10.1.